The summed E-state index contributed by atoms with van der Waals surface area (Å²) in [7, 11) is 0. The number of ether oxygens (including phenoxy) is 4. The molecule has 1 amide bonds. The molecule has 162 valence electrons. The fourth-order valence-electron chi connectivity index (χ4n) is 3.18. The van der Waals surface area contributed by atoms with Crippen molar-refractivity contribution in [2.75, 3.05) is 19.8 Å². The molecule has 29 heavy (non-hydrogen) atoms. The number of rotatable bonds is 8. The van der Waals surface area contributed by atoms with E-state index in [1.54, 1.807) is 24.3 Å². The molecule has 1 aromatic rings. The van der Waals surface area contributed by atoms with Crippen molar-refractivity contribution < 1.29 is 36.9 Å². The van der Waals surface area contributed by atoms with Gasteiger partial charge in [0.25, 0.3) is 5.91 Å². The summed E-state index contributed by atoms with van der Waals surface area (Å²) in [4.78, 5) is 12.0. The first-order valence-electron chi connectivity index (χ1n) is 9.42. The highest BCUT2D eigenvalue weighted by molar-refractivity contribution is 6.30. The van der Waals surface area contributed by atoms with E-state index >= 15 is 0 Å². The molecule has 2 aliphatic rings. The highest BCUT2D eigenvalue weighted by atomic mass is 35.5. The van der Waals surface area contributed by atoms with Gasteiger partial charge in [-0.2, -0.15) is 0 Å². The molecule has 0 bridgehead atoms. The van der Waals surface area contributed by atoms with Crippen LogP contribution in [0.2, 0.25) is 5.02 Å². The molecule has 0 aromatic heterocycles. The largest absolute Gasteiger partial charge is 0.522 e. The second kappa shape index (κ2) is 9.97. The lowest BCUT2D eigenvalue weighted by molar-refractivity contribution is -0.357. The van der Waals surface area contributed by atoms with Gasteiger partial charge in [-0.3, -0.25) is 9.53 Å². The number of nitrogens with one attached hydrogen (secondary N) is 1. The number of carbonyl (C=O) groups is 1. The van der Waals surface area contributed by atoms with E-state index in [9.17, 15) is 18.0 Å². The van der Waals surface area contributed by atoms with Crippen LogP contribution in [0.15, 0.2) is 24.3 Å². The molecule has 3 rings (SSSR count). The minimum atomic E-state index is -4.60. The molecule has 2 atom stereocenters. The fraction of sp³-hybridized carbons (Fsp3) is 0.632. The van der Waals surface area contributed by atoms with E-state index in [0.717, 1.165) is 6.42 Å². The maximum absolute atomic E-state index is 12.1. The number of halogens is 4. The zero-order chi connectivity index (χ0) is 20.9. The van der Waals surface area contributed by atoms with Crippen molar-refractivity contribution in [1.29, 1.82) is 0 Å². The van der Waals surface area contributed by atoms with Crippen LogP contribution < -0.4 is 10.1 Å². The van der Waals surface area contributed by atoms with Crippen molar-refractivity contribution in [3.8, 4) is 5.75 Å². The van der Waals surface area contributed by atoms with E-state index in [-0.39, 0.29) is 43.6 Å². The van der Waals surface area contributed by atoms with Gasteiger partial charge in [0.1, 0.15) is 5.75 Å². The van der Waals surface area contributed by atoms with Gasteiger partial charge in [0.2, 0.25) is 0 Å². The third-order valence-electron chi connectivity index (χ3n) is 4.79. The van der Waals surface area contributed by atoms with E-state index in [1.165, 1.54) is 0 Å². The summed E-state index contributed by atoms with van der Waals surface area (Å²) in [6.45, 7) is 0.572. The van der Waals surface area contributed by atoms with Gasteiger partial charge in [0.15, 0.2) is 6.61 Å². The Morgan fingerprint density at radius 3 is 2.52 bits per heavy atom. The van der Waals surface area contributed by atoms with Crippen LogP contribution in [0.3, 0.4) is 0 Å². The Kier molecular flexibility index (Phi) is 7.61. The number of hydrogen-bond donors (Lipinski definition) is 1. The average Bonchev–Trinajstić information content (AvgIpc) is 2.63. The Hall–Kier alpha value is -1.55. The molecular formula is C19H23ClF3NO5. The third kappa shape index (κ3) is 7.65. The van der Waals surface area contributed by atoms with Gasteiger partial charge in [0.05, 0.1) is 37.6 Å². The molecule has 6 nitrogen and oxygen atoms in total. The molecule has 0 unspecified atom stereocenters. The van der Waals surface area contributed by atoms with Gasteiger partial charge in [-0.25, -0.2) is 0 Å². The van der Waals surface area contributed by atoms with Crippen LogP contribution in [0.1, 0.15) is 25.7 Å². The van der Waals surface area contributed by atoms with E-state index in [0.29, 0.717) is 30.4 Å². The molecule has 1 saturated heterocycles. The lowest BCUT2D eigenvalue weighted by Gasteiger charge is -2.36. The number of carbonyl (C=O) groups excluding carboxylic acids is 1. The van der Waals surface area contributed by atoms with Gasteiger partial charge >= 0.3 is 6.36 Å². The Morgan fingerprint density at radius 2 is 1.90 bits per heavy atom. The van der Waals surface area contributed by atoms with E-state index < -0.39 is 12.5 Å². The SMILES string of the molecule is O=C(COc1ccc(Cl)cc1)N[C@@H]1CC[C@@H](CO[C@H]2C[C@@H](OC(F)(F)F)C2)OC1. The molecule has 0 radical (unpaired) electrons. The summed E-state index contributed by atoms with van der Waals surface area (Å²) in [6, 6.07) is 6.62. The first-order valence-corrected chi connectivity index (χ1v) is 9.80. The van der Waals surface area contributed by atoms with Crippen molar-refractivity contribution in [1.82, 2.24) is 5.32 Å². The minimum Gasteiger partial charge on any atom is -0.484 e. The van der Waals surface area contributed by atoms with Crippen LogP contribution in [0.25, 0.3) is 0 Å². The van der Waals surface area contributed by atoms with Gasteiger partial charge < -0.3 is 19.5 Å². The van der Waals surface area contributed by atoms with Gasteiger partial charge in [-0.15, -0.1) is 13.2 Å². The first kappa shape index (κ1) is 22.1. The van der Waals surface area contributed by atoms with Gasteiger partial charge in [-0.1, -0.05) is 11.6 Å². The topological polar surface area (TPSA) is 66.0 Å². The zero-order valence-electron chi connectivity index (χ0n) is 15.6. The lowest BCUT2D eigenvalue weighted by Crippen LogP contribution is -2.46. The second-order valence-electron chi connectivity index (χ2n) is 7.15. The summed E-state index contributed by atoms with van der Waals surface area (Å²) >= 11 is 5.79. The van der Waals surface area contributed by atoms with Crippen molar-refractivity contribution in [3.05, 3.63) is 29.3 Å². The van der Waals surface area contributed by atoms with Crippen LogP contribution in [0.4, 0.5) is 13.2 Å². The fourth-order valence-corrected chi connectivity index (χ4v) is 3.31. The molecule has 2 fully saturated rings. The van der Waals surface area contributed by atoms with Crippen molar-refractivity contribution in [2.45, 2.75) is 56.4 Å². The van der Waals surface area contributed by atoms with E-state index in [1.807, 2.05) is 0 Å². The third-order valence-corrected chi connectivity index (χ3v) is 5.04. The summed E-state index contributed by atoms with van der Waals surface area (Å²) in [5.74, 6) is 0.314. The molecule has 1 heterocycles. The Labute approximate surface area is 171 Å². The number of alkyl halides is 3. The standard InChI is InChI=1S/C19H23ClF3NO5/c20-12-1-4-14(5-2-12)28-11-18(25)24-13-3-6-15(26-9-13)10-27-16-7-17(8-16)29-19(21,22)23/h1-2,4-5,13,15-17H,3,6-11H2,(H,24,25)/t13-,15+,16-,17+/m1/s1. The molecule has 1 N–H and O–H groups in total. The van der Waals surface area contributed by atoms with Gasteiger partial charge in [-0.05, 0) is 37.1 Å². The van der Waals surface area contributed by atoms with Gasteiger partial charge in [0, 0.05) is 17.9 Å². The highest BCUT2D eigenvalue weighted by Gasteiger charge is 2.40. The average molecular weight is 438 g/mol. The maximum Gasteiger partial charge on any atom is 0.522 e. The van der Waals surface area contributed by atoms with Crippen molar-refractivity contribution in [3.63, 3.8) is 0 Å². The van der Waals surface area contributed by atoms with Crippen LogP contribution in [0.5, 0.6) is 5.75 Å². The molecule has 1 aliphatic carbocycles. The monoisotopic (exact) mass is 437 g/mol. The smallest absolute Gasteiger partial charge is 0.484 e. The van der Waals surface area contributed by atoms with Crippen molar-refractivity contribution >= 4 is 17.5 Å². The zero-order valence-corrected chi connectivity index (χ0v) is 16.4. The Morgan fingerprint density at radius 1 is 1.17 bits per heavy atom. The first-order chi connectivity index (χ1) is 13.8. The normalized spacial score (nSPS) is 27.2. The molecule has 1 aromatic carbocycles. The highest BCUT2D eigenvalue weighted by Crippen LogP contribution is 2.32. The number of amides is 1. The number of hydrogen-bond acceptors (Lipinski definition) is 5. The molecule has 1 saturated carbocycles. The number of benzene rings is 1. The molecule has 10 heteroatoms. The van der Waals surface area contributed by atoms with Crippen molar-refractivity contribution in [2.24, 2.45) is 0 Å². The molecule has 0 spiro atoms. The predicted octanol–water partition coefficient (Wildman–Crippen LogP) is 3.47. The summed E-state index contributed by atoms with van der Waals surface area (Å²) in [5.41, 5.74) is 0. The van der Waals surface area contributed by atoms with Crippen LogP contribution in [-0.4, -0.2) is 56.4 Å². The summed E-state index contributed by atoms with van der Waals surface area (Å²) in [5, 5.41) is 3.45. The maximum atomic E-state index is 12.1. The Bertz CT molecular complexity index is 659. The van der Waals surface area contributed by atoms with Crippen LogP contribution in [0, 0.1) is 0 Å². The van der Waals surface area contributed by atoms with E-state index in [2.05, 4.69) is 10.1 Å². The quantitative estimate of drug-likeness (QED) is 0.674. The predicted molar refractivity (Wildman–Crippen MR) is 97.8 cm³/mol. The summed E-state index contributed by atoms with van der Waals surface area (Å²) in [6.07, 6.45) is -3.88. The lowest BCUT2D eigenvalue weighted by atomic mass is 9.92. The Balaban J connectivity index is 1.25. The summed E-state index contributed by atoms with van der Waals surface area (Å²) < 4.78 is 56.8. The van der Waals surface area contributed by atoms with E-state index in [4.69, 9.17) is 25.8 Å². The van der Waals surface area contributed by atoms with Crippen LogP contribution >= 0.6 is 11.6 Å². The van der Waals surface area contributed by atoms with Crippen LogP contribution in [-0.2, 0) is 19.0 Å². The molecular weight excluding hydrogens is 415 g/mol. The second-order valence-corrected chi connectivity index (χ2v) is 7.59. The minimum absolute atomic E-state index is 0.104. The molecule has 1 aliphatic heterocycles.